The van der Waals surface area contributed by atoms with Crippen molar-refractivity contribution in [1.82, 2.24) is 15.0 Å². The lowest BCUT2D eigenvalue weighted by atomic mass is 10.1. The Kier molecular flexibility index (Phi) is 4.77. The molecule has 124 valence electrons. The van der Waals surface area contributed by atoms with Crippen molar-refractivity contribution in [3.8, 4) is 22.9 Å². The zero-order valence-corrected chi connectivity index (χ0v) is 13.6. The van der Waals surface area contributed by atoms with Gasteiger partial charge < -0.3 is 14.4 Å². The fraction of sp³-hybridized carbons (Fsp3) is 0.222. The number of aromatic hydroxyl groups is 1. The number of methoxy groups -OCH3 is 1. The lowest BCUT2D eigenvalue weighted by Crippen LogP contribution is -2.17. The number of hydrogen-bond donors (Lipinski definition) is 1. The van der Waals surface area contributed by atoms with E-state index in [-0.39, 0.29) is 5.75 Å². The molecule has 0 unspecified atom stereocenters. The van der Waals surface area contributed by atoms with E-state index < -0.39 is 0 Å². The fourth-order valence-corrected chi connectivity index (χ4v) is 2.50. The molecule has 0 radical (unpaired) electrons. The predicted octanol–water partition coefficient (Wildman–Crippen LogP) is 3.08. The molecule has 6 heteroatoms. The van der Waals surface area contributed by atoms with E-state index in [1.807, 2.05) is 37.4 Å². The second kappa shape index (κ2) is 7.14. The van der Waals surface area contributed by atoms with Crippen molar-refractivity contribution >= 4 is 0 Å². The normalized spacial score (nSPS) is 11.0. The summed E-state index contributed by atoms with van der Waals surface area (Å²) in [5, 5.41) is 14.1. The van der Waals surface area contributed by atoms with Gasteiger partial charge in [0.25, 0.3) is 0 Å². The SMILES string of the molecule is COc1cccc(-c2ccc(O)c(CN(C)Cc3ccon3)c2)n1. The van der Waals surface area contributed by atoms with Gasteiger partial charge in [-0.25, -0.2) is 4.98 Å². The minimum absolute atomic E-state index is 0.258. The molecule has 0 aliphatic rings. The summed E-state index contributed by atoms with van der Waals surface area (Å²) in [7, 11) is 3.55. The summed E-state index contributed by atoms with van der Waals surface area (Å²) in [6.45, 7) is 1.22. The summed E-state index contributed by atoms with van der Waals surface area (Å²) in [5.41, 5.74) is 3.40. The minimum Gasteiger partial charge on any atom is -0.508 e. The summed E-state index contributed by atoms with van der Waals surface area (Å²) in [6, 6.07) is 12.9. The van der Waals surface area contributed by atoms with Crippen molar-refractivity contribution in [2.75, 3.05) is 14.2 Å². The van der Waals surface area contributed by atoms with Gasteiger partial charge in [0, 0.05) is 36.3 Å². The summed E-state index contributed by atoms with van der Waals surface area (Å²) < 4.78 is 10.0. The molecular formula is C18H19N3O3. The number of benzene rings is 1. The average molecular weight is 325 g/mol. The molecule has 0 atom stereocenters. The third kappa shape index (κ3) is 3.72. The van der Waals surface area contributed by atoms with Gasteiger partial charge in [-0.05, 0) is 31.3 Å². The molecule has 0 spiro atoms. The van der Waals surface area contributed by atoms with Crippen LogP contribution >= 0.6 is 0 Å². The van der Waals surface area contributed by atoms with E-state index >= 15 is 0 Å². The van der Waals surface area contributed by atoms with Crippen LogP contribution in [-0.4, -0.2) is 34.3 Å². The Balaban J connectivity index is 1.80. The van der Waals surface area contributed by atoms with Gasteiger partial charge in [0.05, 0.1) is 18.5 Å². The Labute approximate surface area is 140 Å². The van der Waals surface area contributed by atoms with Crippen LogP contribution in [0, 0.1) is 0 Å². The number of phenols is 1. The smallest absolute Gasteiger partial charge is 0.213 e. The monoisotopic (exact) mass is 325 g/mol. The van der Waals surface area contributed by atoms with Crippen molar-refractivity contribution in [2.24, 2.45) is 0 Å². The predicted molar refractivity (Wildman–Crippen MR) is 89.6 cm³/mol. The highest BCUT2D eigenvalue weighted by Gasteiger charge is 2.10. The second-order valence-electron chi connectivity index (χ2n) is 5.57. The van der Waals surface area contributed by atoms with Crippen LogP contribution < -0.4 is 4.74 Å². The Morgan fingerprint density at radius 3 is 2.79 bits per heavy atom. The van der Waals surface area contributed by atoms with E-state index in [9.17, 15) is 5.11 Å². The van der Waals surface area contributed by atoms with Gasteiger partial charge in [0.1, 0.15) is 12.0 Å². The molecule has 0 bridgehead atoms. The number of ether oxygens (including phenoxy) is 1. The molecule has 2 aromatic heterocycles. The largest absolute Gasteiger partial charge is 0.508 e. The molecule has 1 N–H and O–H groups in total. The Bertz CT molecular complexity index is 803. The average Bonchev–Trinajstić information content (AvgIpc) is 3.09. The third-order valence-electron chi connectivity index (χ3n) is 3.67. The van der Waals surface area contributed by atoms with Crippen LogP contribution in [0.2, 0.25) is 0 Å². The van der Waals surface area contributed by atoms with Crippen molar-refractivity contribution in [3.63, 3.8) is 0 Å². The summed E-state index contributed by atoms with van der Waals surface area (Å²) in [5.74, 6) is 0.818. The number of phenolic OH excluding ortho intramolecular Hbond substituents is 1. The third-order valence-corrected chi connectivity index (χ3v) is 3.67. The number of pyridine rings is 1. The maximum Gasteiger partial charge on any atom is 0.213 e. The topological polar surface area (TPSA) is 71.6 Å². The molecule has 0 aliphatic heterocycles. The molecule has 0 amide bonds. The second-order valence-corrected chi connectivity index (χ2v) is 5.57. The minimum atomic E-state index is 0.258. The molecular weight excluding hydrogens is 306 g/mol. The van der Waals surface area contributed by atoms with Gasteiger partial charge in [0.2, 0.25) is 5.88 Å². The molecule has 0 fully saturated rings. The van der Waals surface area contributed by atoms with Gasteiger partial charge in [0.15, 0.2) is 0 Å². The molecule has 0 saturated carbocycles. The van der Waals surface area contributed by atoms with E-state index in [1.165, 1.54) is 0 Å². The maximum atomic E-state index is 10.2. The number of aromatic nitrogens is 2. The van der Waals surface area contributed by atoms with E-state index in [0.717, 1.165) is 22.5 Å². The van der Waals surface area contributed by atoms with Crippen LogP contribution in [0.15, 0.2) is 53.3 Å². The van der Waals surface area contributed by atoms with Crippen molar-refractivity contribution in [3.05, 3.63) is 60.0 Å². The van der Waals surface area contributed by atoms with Crippen LogP contribution in [0.1, 0.15) is 11.3 Å². The first-order valence-electron chi connectivity index (χ1n) is 7.57. The summed E-state index contributed by atoms with van der Waals surface area (Å²) >= 11 is 0. The lowest BCUT2D eigenvalue weighted by molar-refractivity contribution is 0.299. The van der Waals surface area contributed by atoms with Crippen LogP contribution in [0.3, 0.4) is 0 Å². The van der Waals surface area contributed by atoms with Gasteiger partial charge in [-0.1, -0.05) is 11.2 Å². The molecule has 0 aliphatic carbocycles. The molecule has 3 aromatic rings. The first-order chi connectivity index (χ1) is 11.7. The Morgan fingerprint density at radius 1 is 1.17 bits per heavy atom. The van der Waals surface area contributed by atoms with Gasteiger partial charge in [-0.3, -0.25) is 4.90 Å². The summed E-state index contributed by atoms with van der Waals surface area (Å²) in [4.78, 5) is 6.48. The number of hydrogen-bond acceptors (Lipinski definition) is 6. The maximum absolute atomic E-state index is 10.2. The Morgan fingerprint density at radius 2 is 2.04 bits per heavy atom. The summed E-state index contributed by atoms with van der Waals surface area (Å²) in [6.07, 6.45) is 1.55. The van der Waals surface area contributed by atoms with Crippen molar-refractivity contribution in [1.29, 1.82) is 0 Å². The molecule has 3 rings (SSSR count). The van der Waals surface area contributed by atoms with Gasteiger partial charge >= 0.3 is 0 Å². The van der Waals surface area contributed by atoms with Crippen molar-refractivity contribution < 1.29 is 14.4 Å². The van der Waals surface area contributed by atoms with Gasteiger partial charge in [-0.2, -0.15) is 0 Å². The molecule has 1 aromatic carbocycles. The number of nitrogens with zero attached hydrogens (tertiary/aromatic N) is 3. The van der Waals surface area contributed by atoms with E-state index in [4.69, 9.17) is 9.26 Å². The van der Waals surface area contributed by atoms with Gasteiger partial charge in [-0.15, -0.1) is 0 Å². The molecule has 24 heavy (non-hydrogen) atoms. The van der Waals surface area contributed by atoms with Crippen LogP contribution in [0.25, 0.3) is 11.3 Å². The lowest BCUT2D eigenvalue weighted by Gasteiger charge is -2.16. The quantitative estimate of drug-likeness (QED) is 0.751. The van der Waals surface area contributed by atoms with E-state index in [2.05, 4.69) is 15.0 Å². The standard InChI is InChI=1S/C18H19N3O3/c1-21(12-15-8-9-24-20-15)11-14-10-13(6-7-17(14)22)16-4-3-5-18(19-16)23-2/h3-10,22H,11-12H2,1-2H3. The zero-order valence-electron chi connectivity index (χ0n) is 13.6. The van der Waals surface area contributed by atoms with Crippen LogP contribution in [-0.2, 0) is 13.1 Å². The van der Waals surface area contributed by atoms with Crippen LogP contribution in [0.5, 0.6) is 11.6 Å². The van der Waals surface area contributed by atoms with Crippen molar-refractivity contribution in [2.45, 2.75) is 13.1 Å². The highest BCUT2D eigenvalue weighted by Crippen LogP contribution is 2.27. The Hall–Kier alpha value is -2.86. The highest BCUT2D eigenvalue weighted by atomic mass is 16.5. The van der Waals surface area contributed by atoms with E-state index in [0.29, 0.717) is 19.0 Å². The molecule has 0 saturated heterocycles. The van der Waals surface area contributed by atoms with E-state index in [1.54, 1.807) is 25.5 Å². The number of rotatable bonds is 6. The first kappa shape index (κ1) is 16.0. The fourth-order valence-electron chi connectivity index (χ4n) is 2.50. The molecule has 2 heterocycles. The zero-order chi connectivity index (χ0) is 16.9. The van der Waals surface area contributed by atoms with Crippen LogP contribution in [0.4, 0.5) is 0 Å². The first-order valence-corrected chi connectivity index (χ1v) is 7.57. The highest BCUT2D eigenvalue weighted by molar-refractivity contribution is 5.62. The molecule has 6 nitrogen and oxygen atoms in total.